The van der Waals surface area contributed by atoms with E-state index in [1.165, 1.54) is 25.2 Å². The maximum Gasteiger partial charge on any atom is 0.302 e. The fourth-order valence-corrected chi connectivity index (χ4v) is 7.26. The Balaban J connectivity index is 1.54. The summed E-state index contributed by atoms with van der Waals surface area (Å²) in [6.07, 6.45) is 8.36. The summed E-state index contributed by atoms with van der Waals surface area (Å²) < 4.78 is 11.1. The van der Waals surface area contributed by atoms with Crippen LogP contribution >= 0.6 is 0 Å². The molecule has 2 fully saturated rings. The van der Waals surface area contributed by atoms with Gasteiger partial charge in [0.15, 0.2) is 6.21 Å². The van der Waals surface area contributed by atoms with E-state index >= 15 is 0 Å². The number of carbonyl (C=O) groups excluding carboxylic acids is 2. The highest BCUT2D eigenvalue weighted by molar-refractivity contribution is 5.84. The minimum absolute atomic E-state index is 0.00477. The molecule has 0 spiro atoms. The number of fused-ring (bicyclic) bond motifs is 2. The molecule has 0 radical (unpaired) electrons. The molecule has 3 aliphatic heterocycles. The normalized spacial score (nSPS) is 36.6. The Kier molecular flexibility index (Phi) is 13.1. The van der Waals surface area contributed by atoms with Gasteiger partial charge in [-0.3, -0.25) is 14.9 Å². The number of Topliss-reactive ketones (excluding diaryl/α,β-unsaturated/α-hetero) is 1. The van der Waals surface area contributed by atoms with Gasteiger partial charge in [0, 0.05) is 45.6 Å². The van der Waals surface area contributed by atoms with Crippen LogP contribution in [0, 0.1) is 42.1 Å². The number of aliphatic hydroxyl groups is 2. The topological polar surface area (TPSA) is 129 Å². The van der Waals surface area contributed by atoms with Gasteiger partial charge in [0.25, 0.3) is 0 Å². The van der Waals surface area contributed by atoms with E-state index in [2.05, 4.69) is 34.4 Å². The third kappa shape index (κ3) is 10.2. The molecule has 1 aliphatic carbocycles. The van der Waals surface area contributed by atoms with Crippen LogP contribution in [-0.4, -0.2) is 79.0 Å². The summed E-state index contributed by atoms with van der Waals surface area (Å²) >= 11 is 0. The van der Waals surface area contributed by atoms with Gasteiger partial charge in [-0.05, 0) is 69.2 Å². The van der Waals surface area contributed by atoms with Gasteiger partial charge >= 0.3 is 5.97 Å². The van der Waals surface area contributed by atoms with Crippen molar-refractivity contribution in [1.29, 1.82) is 0 Å². The lowest BCUT2D eigenvalue weighted by molar-refractivity contribution is -0.148. The lowest BCUT2D eigenvalue weighted by atomic mass is 9.74. The molecular weight excluding hydrogens is 546 g/mol. The number of esters is 1. The van der Waals surface area contributed by atoms with Crippen molar-refractivity contribution in [2.45, 2.75) is 121 Å². The summed E-state index contributed by atoms with van der Waals surface area (Å²) in [4.78, 5) is 30.0. The van der Waals surface area contributed by atoms with E-state index in [9.17, 15) is 19.8 Å². The Morgan fingerprint density at radius 2 is 1.95 bits per heavy atom. The molecule has 0 aromatic heterocycles. The summed E-state index contributed by atoms with van der Waals surface area (Å²) in [5.41, 5.74) is 2.66. The molecule has 43 heavy (non-hydrogen) atoms. The van der Waals surface area contributed by atoms with Crippen LogP contribution in [0.4, 0.5) is 0 Å². The molecule has 1 saturated heterocycles. The first kappa shape index (κ1) is 33.7. The smallest absolute Gasteiger partial charge is 0.302 e. The zero-order valence-electron chi connectivity index (χ0n) is 26.2. The first-order valence-corrected chi connectivity index (χ1v) is 16.4. The van der Waals surface area contributed by atoms with Gasteiger partial charge in [-0.25, -0.2) is 0 Å². The highest BCUT2D eigenvalue weighted by atomic mass is 16.5. The second kappa shape index (κ2) is 16.7. The summed E-state index contributed by atoms with van der Waals surface area (Å²) in [5.74, 6) is 6.88. The molecule has 0 aromatic rings. The number of hydrogen-bond acceptors (Lipinski definition) is 9. The lowest BCUT2D eigenvalue weighted by Gasteiger charge is -2.38. The highest BCUT2D eigenvalue weighted by Crippen LogP contribution is 2.35. The van der Waals surface area contributed by atoms with E-state index < -0.39 is 24.4 Å². The van der Waals surface area contributed by atoms with Crippen LogP contribution in [0.2, 0.25) is 0 Å². The monoisotopic (exact) mass is 598 g/mol. The number of carbonyl (C=O) groups is 2. The Labute approximate surface area is 257 Å². The molecule has 4 aliphatic rings. The summed E-state index contributed by atoms with van der Waals surface area (Å²) in [6, 6.07) is 0. The van der Waals surface area contributed by atoms with Crippen molar-refractivity contribution in [3.8, 4) is 11.8 Å². The minimum Gasteiger partial charge on any atom is -0.462 e. The van der Waals surface area contributed by atoms with Gasteiger partial charge < -0.3 is 25.0 Å². The Morgan fingerprint density at radius 1 is 1.12 bits per heavy atom. The highest BCUT2D eigenvalue weighted by Gasteiger charge is 2.39. The fraction of sp³-hybridized carbons (Fsp3) is 0.765. The SMILES string of the molecule is CC[C@H]1CC[C@@H](OC(C)=O)CC(=O)C[C@H](C2CC(O)C(O)C(OC)C2)C#CCNC2CC(CCN2)CCC2=C(C=N[CH+]2)C1. The molecule has 4 rings (SSSR count). The Morgan fingerprint density at radius 3 is 2.72 bits per heavy atom. The molecular formula is C34H52N3O6+. The van der Waals surface area contributed by atoms with Gasteiger partial charge in [-0.15, -0.1) is 4.99 Å². The molecule has 3 heterocycles. The van der Waals surface area contributed by atoms with E-state index in [1.807, 2.05) is 12.8 Å². The number of nitrogens with one attached hydrogen (secondary N) is 2. The molecule has 9 nitrogen and oxygen atoms in total. The molecule has 1 saturated carbocycles. The van der Waals surface area contributed by atoms with Crippen molar-refractivity contribution in [2.75, 3.05) is 20.2 Å². The third-order valence-electron chi connectivity index (χ3n) is 9.88. The molecule has 6 unspecified atom stereocenters. The predicted octanol–water partition coefficient (Wildman–Crippen LogP) is 3.48. The van der Waals surface area contributed by atoms with Gasteiger partial charge in [0.2, 0.25) is 0 Å². The molecule has 9 heteroatoms. The second-order valence-corrected chi connectivity index (χ2v) is 13.0. The first-order valence-electron chi connectivity index (χ1n) is 16.4. The minimum atomic E-state index is -0.954. The van der Waals surface area contributed by atoms with Crippen LogP contribution in [-0.2, 0) is 19.1 Å². The number of ether oxygens (including phenoxy) is 2. The lowest BCUT2D eigenvalue weighted by Crippen LogP contribution is -2.48. The van der Waals surface area contributed by atoms with Gasteiger partial charge in [0.1, 0.15) is 30.1 Å². The Bertz CT molecular complexity index is 1060. The van der Waals surface area contributed by atoms with Crippen LogP contribution in [0.25, 0.3) is 0 Å². The predicted molar refractivity (Wildman–Crippen MR) is 166 cm³/mol. The number of hydrogen-bond donors (Lipinski definition) is 4. The van der Waals surface area contributed by atoms with Crippen LogP contribution in [0.3, 0.4) is 0 Å². The van der Waals surface area contributed by atoms with E-state index in [0.29, 0.717) is 37.6 Å². The molecule has 2 bridgehead atoms. The quantitative estimate of drug-likeness (QED) is 0.220. The van der Waals surface area contributed by atoms with Crippen molar-refractivity contribution in [3.63, 3.8) is 0 Å². The van der Waals surface area contributed by atoms with Crippen molar-refractivity contribution >= 4 is 18.0 Å². The standard InChI is InChI=1S/C34H52N3O6/c1-4-23-8-10-30(43-22(2)38)19-29(39)16-25(27-17-31(40)34(41)32(18-27)42-3)6-5-12-36-33-15-24(11-13-37-33)7-9-26-20-35-21-28(26)14-23/h20-21,23-25,27,30-34,36-37,40-41H,4,7-19H2,1-3H3/q+1/t23-,24?,25+,27?,30+,31?,32?,33?,34?/m0/s1. The number of ketones is 1. The van der Waals surface area contributed by atoms with Crippen molar-refractivity contribution < 1.29 is 29.3 Å². The average molecular weight is 599 g/mol. The van der Waals surface area contributed by atoms with Crippen molar-refractivity contribution in [2.24, 2.45) is 28.7 Å². The van der Waals surface area contributed by atoms with Crippen LogP contribution in [0.5, 0.6) is 0 Å². The van der Waals surface area contributed by atoms with Crippen LogP contribution < -0.4 is 10.6 Å². The summed E-state index contributed by atoms with van der Waals surface area (Å²) in [5, 5.41) is 28.1. The largest absolute Gasteiger partial charge is 0.462 e. The summed E-state index contributed by atoms with van der Waals surface area (Å²) in [7, 11) is 1.53. The number of piperidine rings is 1. The zero-order chi connectivity index (χ0) is 30.8. The Hall–Kier alpha value is -2.22. The van der Waals surface area contributed by atoms with E-state index in [0.717, 1.165) is 51.5 Å². The number of aliphatic imine (C=N–C) groups is 1. The van der Waals surface area contributed by atoms with Crippen molar-refractivity contribution in [3.05, 3.63) is 17.7 Å². The second-order valence-electron chi connectivity index (χ2n) is 13.0. The summed E-state index contributed by atoms with van der Waals surface area (Å²) in [6.45, 7) is 7.08. The molecule has 238 valence electrons. The zero-order valence-corrected chi connectivity index (χ0v) is 26.2. The first-order chi connectivity index (χ1) is 20.7. The average Bonchev–Trinajstić information content (AvgIpc) is 3.43. The number of rotatable bonds is 4. The molecule has 0 amide bonds. The van der Waals surface area contributed by atoms with Gasteiger partial charge in [0.05, 0.1) is 30.5 Å². The van der Waals surface area contributed by atoms with E-state index in [-0.39, 0.29) is 42.6 Å². The number of aliphatic hydroxyl groups excluding tert-OH is 2. The number of allylic oxidation sites excluding steroid dienone is 1. The van der Waals surface area contributed by atoms with Crippen LogP contribution in [0.1, 0.15) is 90.9 Å². The van der Waals surface area contributed by atoms with E-state index in [1.54, 1.807) is 0 Å². The molecule has 0 aromatic carbocycles. The van der Waals surface area contributed by atoms with Gasteiger partial charge in [-0.2, -0.15) is 0 Å². The number of methoxy groups -OCH3 is 1. The maximum absolute atomic E-state index is 13.5. The fourth-order valence-electron chi connectivity index (χ4n) is 7.26. The van der Waals surface area contributed by atoms with E-state index in [4.69, 9.17) is 9.47 Å². The third-order valence-corrected chi connectivity index (χ3v) is 9.88. The molecule has 4 N–H and O–H groups in total. The van der Waals surface area contributed by atoms with Crippen LogP contribution in [0.15, 0.2) is 16.1 Å². The van der Waals surface area contributed by atoms with Crippen molar-refractivity contribution in [1.82, 2.24) is 10.6 Å². The number of nitrogens with zero attached hydrogens (tertiary/aromatic N) is 1. The maximum atomic E-state index is 13.5. The molecule has 9 atom stereocenters. The van der Waals surface area contributed by atoms with Gasteiger partial charge in [-0.1, -0.05) is 25.2 Å².